The van der Waals surface area contributed by atoms with Crippen molar-refractivity contribution in [2.24, 2.45) is 0 Å². The molecule has 2 aromatic carbocycles. The van der Waals surface area contributed by atoms with Crippen molar-refractivity contribution in [2.45, 2.75) is 25.8 Å². The Labute approximate surface area is 202 Å². The van der Waals surface area contributed by atoms with Gasteiger partial charge in [-0.05, 0) is 59.9 Å². The summed E-state index contributed by atoms with van der Waals surface area (Å²) in [5, 5.41) is 11.8. The van der Waals surface area contributed by atoms with Crippen molar-refractivity contribution >= 4 is 22.6 Å². The number of H-pyrrole nitrogens is 1. The number of Topliss-reactive ketones (excluding diaryl/α,β-unsaturated/α-hetero) is 1. The van der Waals surface area contributed by atoms with E-state index in [-0.39, 0.29) is 11.3 Å². The maximum atomic E-state index is 13.3. The summed E-state index contributed by atoms with van der Waals surface area (Å²) in [5.74, 6) is -0.765. The predicted molar refractivity (Wildman–Crippen MR) is 132 cm³/mol. The monoisotopic (exact) mass is 470 g/mol. The van der Waals surface area contributed by atoms with E-state index < -0.39 is 23.5 Å². The first-order valence-electron chi connectivity index (χ1n) is 11.6. The molecule has 1 aliphatic rings. The Kier molecular flexibility index (Phi) is 5.91. The van der Waals surface area contributed by atoms with Crippen LogP contribution in [0, 0.1) is 0 Å². The van der Waals surface area contributed by atoms with Gasteiger partial charge in [0.05, 0.1) is 25.0 Å². The van der Waals surface area contributed by atoms with Gasteiger partial charge in [0.15, 0.2) is 11.5 Å². The minimum atomic E-state index is -0.717. The number of benzene rings is 2. The number of rotatable bonds is 8. The van der Waals surface area contributed by atoms with Crippen LogP contribution in [0.5, 0.6) is 5.75 Å². The molecule has 2 aromatic heterocycles. The van der Waals surface area contributed by atoms with Crippen molar-refractivity contribution in [1.29, 1.82) is 0 Å². The lowest BCUT2D eigenvalue weighted by molar-refractivity contribution is -0.129. The molecule has 1 unspecified atom stereocenters. The zero-order valence-electron chi connectivity index (χ0n) is 19.6. The van der Waals surface area contributed by atoms with E-state index in [0.29, 0.717) is 13.0 Å². The second-order valence-electron chi connectivity index (χ2n) is 8.54. The number of carbonyl (C=O) groups is 2. The van der Waals surface area contributed by atoms with Crippen LogP contribution in [-0.4, -0.2) is 40.3 Å². The summed E-state index contributed by atoms with van der Waals surface area (Å²) in [6.45, 7) is 2.37. The minimum Gasteiger partial charge on any atom is -0.503 e. The average Bonchev–Trinajstić information content (AvgIpc) is 3.62. The molecule has 1 atom stereocenters. The van der Waals surface area contributed by atoms with E-state index in [9.17, 15) is 14.7 Å². The molecule has 5 rings (SSSR count). The number of carbonyl (C=O) groups excluding carboxylic acids is 2. The molecule has 7 nitrogen and oxygen atoms in total. The highest BCUT2D eigenvalue weighted by molar-refractivity contribution is 6.15. The molecule has 0 spiro atoms. The molecule has 0 fully saturated rings. The molecule has 35 heavy (non-hydrogen) atoms. The first-order valence-corrected chi connectivity index (χ1v) is 11.6. The molecule has 0 radical (unpaired) electrons. The molecule has 1 amide bonds. The number of amides is 1. The lowest BCUT2D eigenvalue weighted by Crippen LogP contribution is -2.33. The van der Waals surface area contributed by atoms with Crippen LogP contribution in [0.25, 0.3) is 10.9 Å². The third-order valence-electron chi connectivity index (χ3n) is 6.59. The van der Waals surface area contributed by atoms with E-state index in [2.05, 4.69) is 11.9 Å². The van der Waals surface area contributed by atoms with Crippen molar-refractivity contribution in [2.75, 3.05) is 13.7 Å². The summed E-state index contributed by atoms with van der Waals surface area (Å²) in [7, 11) is 1.62. The number of methoxy groups -OCH3 is 1. The molecule has 0 saturated heterocycles. The molecule has 0 aliphatic carbocycles. The third kappa shape index (κ3) is 3.99. The van der Waals surface area contributed by atoms with Crippen LogP contribution in [-0.2, 0) is 17.6 Å². The normalized spacial score (nSPS) is 15.9. The summed E-state index contributed by atoms with van der Waals surface area (Å²) < 4.78 is 10.7. The van der Waals surface area contributed by atoms with E-state index in [4.69, 9.17) is 9.15 Å². The summed E-state index contributed by atoms with van der Waals surface area (Å²) in [6.07, 6.45) is 4.71. The van der Waals surface area contributed by atoms with Gasteiger partial charge >= 0.3 is 0 Å². The number of hydrogen-bond acceptors (Lipinski definition) is 5. The number of fused-ring (bicyclic) bond motifs is 1. The summed E-state index contributed by atoms with van der Waals surface area (Å²) in [6, 6.07) is 16.0. The summed E-state index contributed by atoms with van der Waals surface area (Å²) in [5.41, 5.74) is 3.92. The maximum absolute atomic E-state index is 13.3. The van der Waals surface area contributed by atoms with Crippen LogP contribution in [0.1, 0.15) is 40.2 Å². The number of ether oxygens (including phenoxy) is 1. The van der Waals surface area contributed by atoms with Gasteiger partial charge in [-0.1, -0.05) is 31.2 Å². The minimum absolute atomic E-state index is 0.0368. The zero-order chi connectivity index (χ0) is 24.5. The van der Waals surface area contributed by atoms with E-state index in [1.165, 1.54) is 12.3 Å². The Morgan fingerprint density at radius 3 is 2.66 bits per heavy atom. The van der Waals surface area contributed by atoms with Gasteiger partial charge < -0.3 is 24.1 Å². The molecule has 3 heterocycles. The Bertz CT molecular complexity index is 1410. The predicted octanol–water partition coefficient (Wildman–Crippen LogP) is 5.15. The Balaban J connectivity index is 1.50. The molecular formula is C28H26N2O5. The quantitative estimate of drug-likeness (QED) is 0.347. The Hall–Kier alpha value is -4.26. The lowest BCUT2D eigenvalue weighted by Gasteiger charge is -2.27. The number of nitrogens with zero attached hydrogens (tertiary/aromatic N) is 1. The van der Waals surface area contributed by atoms with Gasteiger partial charge in [0, 0.05) is 23.6 Å². The second kappa shape index (κ2) is 9.18. The van der Waals surface area contributed by atoms with Gasteiger partial charge in [0.25, 0.3) is 5.91 Å². The molecule has 1 aliphatic heterocycles. The van der Waals surface area contributed by atoms with E-state index >= 15 is 0 Å². The molecule has 0 saturated carbocycles. The highest BCUT2D eigenvalue weighted by Crippen LogP contribution is 2.39. The molecule has 2 N–H and O–H groups in total. The highest BCUT2D eigenvalue weighted by Gasteiger charge is 2.44. The van der Waals surface area contributed by atoms with Gasteiger partial charge in [-0.2, -0.15) is 0 Å². The molecule has 0 bridgehead atoms. The van der Waals surface area contributed by atoms with Gasteiger partial charge in [-0.15, -0.1) is 0 Å². The Morgan fingerprint density at radius 1 is 1.17 bits per heavy atom. The van der Waals surface area contributed by atoms with E-state index in [1.54, 1.807) is 18.1 Å². The third-order valence-corrected chi connectivity index (χ3v) is 6.59. The molecule has 7 heteroatoms. The van der Waals surface area contributed by atoms with Gasteiger partial charge in [0.1, 0.15) is 5.75 Å². The first-order chi connectivity index (χ1) is 17.0. The van der Waals surface area contributed by atoms with Gasteiger partial charge in [-0.3, -0.25) is 9.59 Å². The zero-order valence-corrected chi connectivity index (χ0v) is 19.6. The molecular weight excluding hydrogens is 444 g/mol. The fourth-order valence-electron chi connectivity index (χ4n) is 4.67. The van der Waals surface area contributed by atoms with E-state index in [0.717, 1.165) is 39.8 Å². The molecule has 4 aromatic rings. The summed E-state index contributed by atoms with van der Waals surface area (Å²) in [4.78, 5) is 31.3. The van der Waals surface area contributed by atoms with Crippen molar-refractivity contribution in [3.63, 3.8) is 0 Å². The number of nitrogens with one attached hydrogen (secondary N) is 1. The standard InChI is InChI=1S/C28H26N2O5/c1-3-17-6-8-18(9-7-17)25-24(26(31)23-5-4-14-35-23)27(32)28(33)30(25)13-12-19-16-29-22-11-10-20(34-2)15-21(19)22/h4-11,14-16,25,29,32H,3,12-13H2,1-2H3. The number of aryl methyl sites for hydroxylation is 1. The average molecular weight is 471 g/mol. The number of aliphatic hydroxyl groups excluding tert-OH is 1. The first kappa shape index (κ1) is 22.5. The van der Waals surface area contributed by atoms with Crippen molar-refractivity contribution in [1.82, 2.24) is 9.88 Å². The van der Waals surface area contributed by atoms with Crippen LogP contribution in [0.15, 0.2) is 82.8 Å². The van der Waals surface area contributed by atoms with Crippen molar-refractivity contribution < 1.29 is 23.8 Å². The smallest absolute Gasteiger partial charge is 0.290 e. The lowest BCUT2D eigenvalue weighted by atomic mass is 9.94. The van der Waals surface area contributed by atoms with Crippen LogP contribution in [0.2, 0.25) is 0 Å². The SMILES string of the molecule is CCc1ccc(C2C(C(=O)c3ccco3)=C(O)C(=O)N2CCc2c[nH]c3ccc(OC)cc23)cc1. The van der Waals surface area contributed by atoms with Crippen LogP contribution in [0.4, 0.5) is 0 Å². The van der Waals surface area contributed by atoms with Crippen molar-refractivity contribution in [3.8, 4) is 5.75 Å². The van der Waals surface area contributed by atoms with Gasteiger partial charge in [-0.25, -0.2) is 0 Å². The van der Waals surface area contributed by atoms with Crippen LogP contribution >= 0.6 is 0 Å². The second-order valence-corrected chi connectivity index (χ2v) is 8.54. The summed E-state index contributed by atoms with van der Waals surface area (Å²) >= 11 is 0. The fourth-order valence-corrected chi connectivity index (χ4v) is 4.67. The van der Waals surface area contributed by atoms with E-state index in [1.807, 2.05) is 48.7 Å². The number of aliphatic hydroxyl groups is 1. The number of aromatic amines is 1. The van der Waals surface area contributed by atoms with Gasteiger partial charge in [0.2, 0.25) is 5.78 Å². The number of aromatic nitrogens is 1. The van der Waals surface area contributed by atoms with Crippen molar-refractivity contribution in [3.05, 3.63) is 101 Å². The topological polar surface area (TPSA) is 95.8 Å². The molecule has 178 valence electrons. The number of hydrogen-bond donors (Lipinski definition) is 2. The van der Waals surface area contributed by atoms with Crippen LogP contribution in [0.3, 0.4) is 0 Å². The maximum Gasteiger partial charge on any atom is 0.290 e. The Morgan fingerprint density at radius 2 is 1.97 bits per heavy atom. The highest BCUT2D eigenvalue weighted by atomic mass is 16.5. The number of furan rings is 1. The largest absolute Gasteiger partial charge is 0.503 e. The fraction of sp³-hybridized carbons (Fsp3) is 0.214. The number of ketones is 1. The van der Waals surface area contributed by atoms with Crippen LogP contribution < -0.4 is 4.74 Å².